The molecule has 2 aromatic heterocycles. The van der Waals surface area contributed by atoms with Gasteiger partial charge in [-0.15, -0.1) is 0 Å². The number of aromatic nitrogens is 3. The van der Waals surface area contributed by atoms with E-state index in [0.29, 0.717) is 41.2 Å². The Kier molecular flexibility index (Phi) is 8.94. The van der Waals surface area contributed by atoms with Crippen LogP contribution in [0.2, 0.25) is 0 Å². The lowest BCUT2D eigenvalue weighted by Crippen LogP contribution is -2.53. The Labute approximate surface area is 270 Å². The third kappa shape index (κ3) is 7.03. The van der Waals surface area contributed by atoms with Crippen molar-refractivity contribution >= 4 is 29.0 Å². The molecule has 0 aliphatic carbocycles. The third-order valence-electron chi connectivity index (χ3n) is 7.88. The number of methoxy groups -OCH3 is 1. The van der Waals surface area contributed by atoms with Crippen molar-refractivity contribution in [2.24, 2.45) is 0 Å². The van der Waals surface area contributed by atoms with Crippen molar-refractivity contribution in [3.63, 3.8) is 0 Å². The monoisotopic (exact) mass is 650 g/mol. The van der Waals surface area contributed by atoms with Gasteiger partial charge in [0, 0.05) is 48.2 Å². The van der Waals surface area contributed by atoms with Gasteiger partial charge in [-0.1, -0.05) is 18.7 Å². The molecule has 1 aliphatic heterocycles. The van der Waals surface area contributed by atoms with Gasteiger partial charge in [0.05, 0.1) is 19.0 Å². The van der Waals surface area contributed by atoms with Crippen LogP contribution in [0.15, 0.2) is 61.3 Å². The second kappa shape index (κ2) is 12.6. The number of anilines is 1. The van der Waals surface area contributed by atoms with Crippen molar-refractivity contribution in [2.45, 2.75) is 52.4 Å². The minimum atomic E-state index is -4.75. The van der Waals surface area contributed by atoms with Crippen LogP contribution in [-0.2, 0) is 10.9 Å². The number of alkyl halides is 3. The molecule has 1 saturated heterocycles. The summed E-state index contributed by atoms with van der Waals surface area (Å²) in [6.07, 6.45) is -4.15. The molecule has 1 aliphatic rings. The zero-order valence-electron chi connectivity index (χ0n) is 27.1. The fourth-order valence-electron chi connectivity index (χ4n) is 5.60. The highest BCUT2D eigenvalue weighted by molar-refractivity contribution is 6.00. The fraction of sp³-hybridized carbons (Fsp3) is 0.353. The molecule has 0 saturated carbocycles. The summed E-state index contributed by atoms with van der Waals surface area (Å²) in [4.78, 5) is 34.2. The topological polar surface area (TPSA) is 101 Å². The number of hydrogen-bond acceptors (Lipinski definition) is 7. The number of amides is 2. The molecule has 13 heteroatoms. The van der Waals surface area contributed by atoms with Crippen LogP contribution in [0.25, 0.3) is 22.6 Å². The molecule has 3 heterocycles. The van der Waals surface area contributed by atoms with Gasteiger partial charge in [-0.05, 0) is 76.6 Å². The minimum Gasteiger partial charge on any atom is -0.497 e. The quantitative estimate of drug-likeness (QED) is 0.242. The molecule has 1 fully saturated rings. The number of rotatable bonds is 6. The molecular formula is C34H37F3N6O4. The normalized spacial score (nSPS) is 15.5. The summed E-state index contributed by atoms with van der Waals surface area (Å²) >= 11 is 0. The zero-order chi connectivity index (χ0) is 34.3. The van der Waals surface area contributed by atoms with Crippen LogP contribution in [0.4, 0.5) is 23.7 Å². The molecule has 0 unspecified atom stereocenters. The molecule has 0 bridgehead atoms. The average Bonchev–Trinajstić information content (AvgIpc) is 3.42. The van der Waals surface area contributed by atoms with E-state index in [1.807, 2.05) is 24.0 Å². The third-order valence-corrected chi connectivity index (χ3v) is 7.88. The Morgan fingerprint density at radius 3 is 2.26 bits per heavy atom. The van der Waals surface area contributed by atoms with Crippen molar-refractivity contribution in [3.8, 4) is 17.0 Å². The van der Waals surface area contributed by atoms with Crippen molar-refractivity contribution in [1.29, 1.82) is 0 Å². The standard InChI is InChI=1S/C34H37F3N6O4/c1-20-19-41(22(3)23-8-12-25(13-9-23)39-32(45)47-33(4,5)6)16-17-42(20)31(44)27-18-38-43-29(34(35,36)37)21(2)28(40-30(27)43)24-10-14-26(46-7)15-11-24/h8-15,18,20H,3,16-17,19H2,1-2,4-7H3,(H,39,45)/t20-/m1/s1. The fourth-order valence-corrected chi connectivity index (χ4v) is 5.60. The number of piperazine rings is 1. The van der Waals surface area contributed by atoms with Crippen molar-refractivity contribution in [2.75, 3.05) is 32.1 Å². The van der Waals surface area contributed by atoms with Gasteiger partial charge in [-0.25, -0.2) is 14.3 Å². The molecule has 1 N–H and O–H groups in total. The average molecular weight is 651 g/mol. The van der Waals surface area contributed by atoms with Crippen molar-refractivity contribution in [1.82, 2.24) is 24.4 Å². The first-order valence-electron chi connectivity index (χ1n) is 15.0. The number of ether oxygens (including phenoxy) is 2. The molecule has 2 amide bonds. The van der Waals surface area contributed by atoms with E-state index >= 15 is 0 Å². The van der Waals surface area contributed by atoms with Crippen LogP contribution in [0.3, 0.4) is 0 Å². The number of fused-ring (bicyclic) bond motifs is 1. The first-order chi connectivity index (χ1) is 22.1. The van der Waals surface area contributed by atoms with Gasteiger partial charge in [0.25, 0.3) is 5.91 Å². The molecule has 0 spiro atoms. The summed E-state index contributed by atoms with van der Waals surface area (Å²) in [6, 6.07) is 13.4. The first-order valence-corrected chi connectivity index (χ1v) is 15.0. The van der Waals surface area contributed by atoms with Crippen molar-refractivity contribution < 1.29 is 32.2 Å². The lowest BCUT2D eigenvalue weighted by Gasteiger charge is -2.41. The molecular weight excluding hydrogens is 613 g/mol. The summed E-state index contributed by atoms with van der Waals surface area (Å²) < 4.78 is 54.3. The minimum absolute atomic E-state index is 0.0162. The highest BCUT2D eigenvalue weighted by Crippen LogP contribution is 2.37. The summed E-state index contributed by atoms with van der Waals surface area (Å²) in [5, 5.41) is 6.68. The van der Waals surface area contributed by atoms with Gasteiger partial charge >= 0.3 is 12.3 Å². The van der Waals surface area contributed by atoms with E-state index in [1.165, 1.54) is 14.0 Å². The number of benzene rings is 2. The van der Waals surface area contributed by atoms with E-state index in [2.05, 4.69) is 22.0 Å². The van der Waals surface area contributed by atoms with Crippen molar-refractivity contribution in [3.05, 3.63) is 83.7 Å². The number of nitrogens with one attached hydrogen (secondary N) is 1. The Morgan fingerprint density at radius 2 is 1.68 bits per heavy atom. The second-order valence-electron chi connectivity index (χ2n) is 12.4. The van der Waals surface area contributed by atoms with Gasteiger partial charge in [0.2, 0.25) is 0 Å². The highest BCUT2D eigenvalue weighted by atomic mass is 19.4. The van der Waals surface area contributed by atoms with Crippen LogP contribution >= 0.6 is 0 Å². The molecule has 1 atom stereocenters. The van der Waals surface area contributed by atoms with Crippen LogP contribution in [-0.4, -0.2) is 74.8 Å². The van der Waals surface area contributed by atoms with Gasteiger partial charge in [-0.3, -0.25) is 10.1 Å². The van der Waals surface area contributed by atoms with Crippen LogP contribution in [0.1, 0.15) is 54.9 Å². The molecule has 4 aromatic rings. The Hall–Kier alpha value is -5.07. The SMILES string of the molecule is C=C(c1ccc(NC(=O)OC(C)(C)C)cc1)N1CCN(C(=O)c2cnn3c(C(F)(F)F)c(C)c(-c4ccc(OC)cc4)nc23)[C@H](C)C1. The Balaban J connectivity index is 1.35. The predicted molar refractivity (Wildman–Crippen MR) is 172 cm³/mol. The lowest BCUT2D eigenvalue weighted by molar-refractivity contribution is -0.143. The Morgan fingerprint density at radius 1 is 1.02 bits per heavy atom. The largest absolute Gasteiger partial charge is 0.497 e. The van der Waals surface area contributed by atoms with Gasteiger partial charge in [0.15, 0.2) is 11.3 Å². The van der Waals surface area contributed by atoms with E-state index in [-0.39, 0.29) is 28.5 Å². The smallest absolute Gasteiger partial charge is 0.433 e. The molecule has 10 nitrogen and oxygen atoms in total. The zero-order valence-corrected chi connectivity index (χ0v) is 27.1. The van der Waals surface area contributed by atoms with Crippen LogP contribution in [0, 0.1) is 6.92 Å². The maximum absolute atomic E-state index is 14.4. The van der Waals surface area contributed by atoms with Gasteiger partial charge < -0.3 is 19.3 Å². The molecule has 5 rings (SSSR count). The second-order valence-corrected chi connectivity index (χ2v) is 12.4. The van der Waals surface area contributed by atoms with E-state index in [1.54, 1.807) is 62.1 Å². The number of hydrogen-bond donors (Lipinski definition) is 1. The Bertz CT molecular complexity index is 1810. The highest BCUT2D eigenvalue weighted by Gasteiger charge is 2.39. The lowest BCUT2D eigenvalue weighted by atomic mass is 10.0. The number of carbonyl (C=O) groups excluding carboxylic acids is 2. The number of halogens is 3. The van der Waals surface area contributed by atoms with E-state index < -0.39 is 29.5 Å². The molecule has 0 radical (unpaired) electrons. The first kappa shape index (κ1) is 33.3. The molecule has 248 valence electrons. The summed E-state index contributed by atoms with van der Waals surface area (Å²) in [7, 11) is 1.50. The van der Waals surface area contributed by atoms with E-state index in [9.17, 15) is 22.8 Å². The molecule has 2 aromatic carbocycles. The predicted octanol–water partition coefficient (Wildman–Crippen LogP) is 6.90. The van der Waals surface area contributed by atoms with E-state index in [0.717, 1.165) is 17.5 Å². The van der Waals surface area contributed by atoms with E-state index in [4.69, 9.17) is 9.47 Å². The summed E-state index contributed by atoms with van der Waals surface area (Å²) in [6.45, 7) is 14.0. The number of carbonyl (C=O) groups is 2. The number of nitrogens with zero attached hydrogens (tertiary/aromatic N) is 5. The molecule has 47 heavy (non-hydrogen) atoms. The van der Waals surface area contributed by atoms with Crippen LogP contribution in [0.5, 0.6) is 5.75 Å². The maximum Gasteiger partial charge on any atom is 0.433 e. The van der Waals surface area contributed by atoms with Crippen LogP contribution < -0.4 is 10.1 Å². The summed E-state index contributed by atoms with van der Waals surface area (Å²) in [5.74, 6) is 0.0901. The maximum atomic E-state index is 14.4. The van der Waals surface area contributed by atoms with Gasteiger partial charge in [0.1, 0.15) is 16.9 Å². The van der Waals surface area contributed by atoms with Gasteiger partial charge in [-0.2, -0.15) is 18.3 Å². The summed E-state index contributed by atoms with van der Waals surface area (Å²) in [5.41, 5.74) is 0.787.